The lowest BCUT2D eigenvalue weighted by molar-refractivity contribution is -0.159. The molecular weight excluding hydrogens is 387 g/mol. The van der Waals surface area contributed by atoms with Crippen LogP contribution in [0.5, 0.6) is 0 Å². The van der Waals surface area contributed by atoms with Crippen molar-refractivity contribution in [3.05, 3.63) is 54.4 Å². The fourth-order valence-electron chi connectivity index (χ4n) is 1.99. The van der Waals surface area contributed by atoms with Gasteiger partial charge in [0.1, 0.15) is 12.0 Å². The highest BCUT2D eigenvalue weighted by Gasteiger charge is 2.38. The predicted molar refractivity (Wildman–Crippen MR) is 85.9 cm³/mol. The van der Waals surface area contributed by atoms with E-state index >= 15 is 0 Å². The Kier molecular flexibility index (Phi) is 4.74. The van der Waals surface area contributed by atoms with E-state index in [0.29, 0.717) is 0 Å². The molecule has 0 saturated heterocycles. The van der Waals surface area contributed by atoms with Crippen molar-refractivity contribution in [2.45, 2.75) is 11.1 Å². The van der Waals surface area contributed by atoms with Gasteiger partial charge in [0.05, 0.1) is 9.73 Å². The molecule has 8 nitrogen and oxygen atoms in total. The summed E-state index contributed by atoms with van der Waals surface area (Å²) in [4.78, 5) is 22.9. The van der Waals surface area contributed by atoms with Gasteiger partial charge in [0.15, 0.2) is 0 Å². The van der Waals surface area contributed by atoms with Crippen molar-refractivity contribution in [1.29, 1.82) is 0 Å². The predicted octanol–water partition coefficient (Wildman–Crippen LogP) is 2.84. The zero-order valence-corrected chi connectivity index (χ0v) is 14.4. The second-order valence-corrected chi connectivity index (χ2v) is 7.50. The van der Waals surface area contributed by atoms with Crippen LogP contribution in [-0.4, -0.2) is 36.5 Å². The van der Waals surface area contributed by atoms with Crippen LogP contribution in [0.4, 0.5) is 13.2 Å². The van der Waals surface area contributed by atoms with Crippen molar-refractivity contribution >= 4 is 15.6 Å². The van der Waals surface area contributed by atoms with Gasteiger partial charge in [0, 0.05) is 22.9 Å². The van der Waals surface area contributed by atoms with Crippen LogP contribution in [0, 0.1) is 0 Å². The Bertz CT molecular complexity index is 1090. The van der Waals surface area contributed by atoms with Gasteiger partial charge < -0.3 is 4.52 Å². The monoisotopic (exact) mass is 397 g/mol. The van der Waals surface area contributed by atoms with E-state index in [0.717, 1.165) is 6.33 Å². The van der Waals surface area contributed by atoms with Crippen molar-refractivity contribution in [3.63, 3.8) is 0 Å². The fourth-order valence-corrected chi connectivity index (χ4v) is 3.14. The van der Waals surface area contributed by atoms with Crippen molar-refractivity contribution in [1.82, 2.24) is 20.1 Å². The third kappa shape index (κ3) is 4.16. The summed E-state index contributed by atoms with van der Waals surface area (Å²) in [5.41, 5.74) is 0.206. The largest absolute Gasteiger partial charge is 0.471 e. The number of carbonyl (C=O) groups is 1. The van der Waals surface area contributed by atoms with E-state index < -0.39 is 27.7 Å². The molecule has 0 saturated carbocycles. The van der Waals surface area contributed by atoms with E-state index in [1.807, 2.05) is 0 Å². The zero-order valence-electron chi connectivity index (χ0n) is 13.5. The highest BCUT2D eigenvalue weighted by molar-refractivity contribution is 7.93. The Labute approximate surface area is 150 Å². The molecule has 3 rings (SSSR count). The Hall–Kier alpha value is -3.15. The second kappa shape index (κ2) is 6.87. The third-order valence-electron chi connectivity index (χ3n) is 3.28. The molecule has 1 atom stereocenters. The number of halogens is 3. The molecule has 2 aromatic heterocycles. The van der Waals surface area contributed by atoms with Crippen molar-refractivity contribution in [2.75, 3.05) is 6.26 Å². The number of hydrogen-bond donors (Lipinski definition) is 0. The first-order valence-electron chi connectivity index (χ1n) is 7.21. The highest BCUT2D eigenvalue weighted by Crippen LogP contribution is 2.29. The number of carbonyl (C=O) groups excluding carboxylic acids is 1. The summed E-state index contributed by atoms with van der Waals surface area (Å²) >= 11 is 0. The molecule has 0 radical (unpaired) electrons. The molecule has 0 N–H and O–H groups in total. The van der Waals surface area contributed by atoms with E-state index in [4.69, 9.17) is 0 Å². The van der Waals surface area contributed by atoms with Gasteiger partial charge in [-0.25, -0.2) is 14.2 Å². The average molecular weight is 397 g/mol. The first-order valence-corrected chi connectivity index (χ1v) is 9.13. The van der Waals surface area contributed by atoms with Crippen LogP contribution in [0.3, 0.4) is 0 Å². The molecule has 1 amide bonds. The van der Waals surface area contributed by atoms with Crippen LogP contribution in [-0.2, 0) is 15.9 Å². The van der Waals surface area contributed by atoms with Gasteiger partial charge in [-0.1, -0.05) is 5.16 Å². The summed E-state index contributed by atoms with van der Waals surface area (Å²) < 4.78 is 58.1. The van der Waals surface area contributed by atoms with Crippen LogP contribution in [0.1, 0.15) is 16.4 Å². The molecule has 0 aliphatic rings. The Morgan fingerprint density at radius 1 is 1.19 bits per heavy atom. The lowest BCUT2D eigenvalue weighted by atomic mass is 10.2. The van der Waals surface area contributed by atoms with Crippen LogP contribution >= 0.6 is 0 Å². The van der Waals surface area contributed by atoms with Gasteiger partial charge in [-0.3, -0.25) is 4.79 Å². The molecule has 1 unspecified atom stereocenters. The van der Waals surface area contributed by atoms with Gasteiger partial charge in [0.2, 0.25) is 5.82 Å². The Balaban J connectivity index is 1.88. The first-order chi connectivity index (χ1) is 12.7. The summed E-state index contributed by atoms with van der Waals surface area (Å²) in [5.74, 6) is -2.52. The van der Waals surface area contributed by atoms with E-state index in [-0.39, 0.29) is 22.0 Å². The molecule has 12 heteroatoms. The third-order valence-corrected chi connectivity index (χ3v) is 4.94. The molecule has 27 heavy (non-hydrogen) atoms. The van der Waals surface area contributed by atoms with Crippen LogP contribution < -0.4 is 0 Å². The van der Waals surface area contributed by atoms with Crippen molar-refractivity contribution in [2.24, 2.45) is 4.36 Å². The molecule has 3 aromatic rings. The van der Waals surface area contributed by atoms with E-state index in [2.05, 4.69) is 29.0 Å². The minimum absolute atomic E-state index is 0.0114. The topological polar surface area (TPSA) is 111 Å². The highest BCUT2D eigenvalue weighted by atomic mass is 32.2. The summed E-state index contributed by atoms with van der Waals surface area (Å²) in [5, 5.41) is 3.26. The maximum absolute atomic E-state index is 12.7. The Morgan fingerprint density at radius 3 is 2.44 bits per heavy atom. The Morgan fingerprint density at radius 2 is 1.89 bits per heavy atom. The number of aromatic nitrogens is 4. The fraction of sp³-hybridized carbons (Fsp3) is 0.133. The smallest absolute Gasteiger partial charge is 0.329 e. The van der Waals surface area contributed by atoms with E-state index in [1.54, 1.807) is 0 Å². The minimum Gasteiger partial charge on any atom is -0.329 e. The maximum atomic E-state index is 12.7. The van der Waals surface area contributed by atoms with Gasteiger partial charge in [-0.15, -0.1) is 0 Å². The number of alkyl halides is 3. The van der Waals surface area contributed by atoms with Crippen LogP contribution in [0.15, 0.2) is 56.6 Å². The normalized spacial score (nSPS) is 13.8. The van der Waals surface area contributed by atoms with Crippen molar-refractivity contribution in [3.8, 4) is 11.4 Å². The van der Waals surface area contributed by atoms with Gasteiger partial charge >= 0.3 is 18.0 Å². The molecular formula is C15H10F3N5O3S. The molecule has 140 valence electrons. The van der Waals surface area contributed by atoms with Gasteiger partial charge in [0.25, 0.3) is 0 Å². The lowest BCUT2D eigenvalue weighted by Gasteiger charge is -2.04. The first kappa shape index (κ1) is 18.6. The minimum atomic E-state index is -4.75. The quantitative estimate of drug-likeness (QED) is 0.668. The number of amides is 1. The summed E-state index contributed by atoms with van der Waals surface area (Å²) in [6.45, 7) is 0. The molecule has 0 bridgehead atoms. The average Bonchev–Trinajstić information content (AvgIpc) is 3.13. The number of rotatable bonds is 3. The van der Waals surface area contributed by atoms with E-state index in [1.165, 1.54) is 42.8 Å². The second-order valence-electron chi connectivity index (χ2n) is 5.24. The molecule has 0 aliphatic heterocycles. The molecule has 0 spiro atoms. The van der Waals surface area contributed by atoms with Gasteiger partial charge in [-0.05, 0) is 30.3 Å². The number of nitrogens with zero attached hydrogens (tertiary/aromatic N) is 5. The maximum Gasteiger partial charge on any atom is 0.471 e. The SMILES string of the molecule is CS(=O)(=NC(=O)c1ccncn1)c1ccc(-c2noc(C(F)(F)F)n2)cc1. The standard InChI is InChI=1S/C15H10F3N5O3S/c1-27(25,23-13(24)11-6-7-19-8-20-11)10-4-2-9(3-5-10)12-21-14(26-22-12)15(16,17)18/h2-8H,1H3. The van der Waals surface area contributed by atoms with Gasteiger partial charge in [-0.2, -0.15) is 22.5 Å². The summed E-state index contributed by atoms with van der Waals surface area (Å²) in [7, 11) is -3.10. The molecule has 1 aromatic carbocycles. The molecule has 0 aliphatic carbocycles. The molecule has 0 fully saturated rings. The number of benzene rings is 1. The summed E-state index contributed by atoms with van der Waals surface area (Å²) in [6.07, 6.45) is -0.975. The van der Waals surface area contributed by atoms with Crippen LogP contribution in [0.2, 0.25) is 0 Å². The van der Waals surface area contributed by atoms with E-state index in [9.17, 15) is 22.2 Å². The lowest BCUT2D eigenvalue weighted by Crippen LogP contribution is -2.05. The summed E-state index contributed by atoms with van der Waals surface area (Å²) in [6, 6.07) is 6.76. The molecule has 2 heterocycles. The van der Waals surface area contributed by atoms with Crippen molar-refractivity contribution < 1.29 is 26.7 Å². The zero-order chi connectivity index (χ0) is 19.7. The van der Waals surface area contributed by atoms with Crippen LogP contribution in [0.25, 0.3) is 11.4 Å². The number of hydrogen-bond acceptors (Lipinski definition) is 7.